The van der Waals surface area contributed by atoms with Gasteiger partial charge in [0.1, 0.15) is 0 Å². The van der Waals surface area contributed by atoms with Crippen molar-refractivity contribution in [2.45, 2.75) is 25.8 Å². The zero-order chi connectivity index (χ0) is 13.9. The number of nitrogens with one attached hydrogen (secondary N) is 1. The largest absolute Gasteiger partial charge is 0.454 e. The molecule has 0 saturated carbocycles. The van der Waals surface area contributed by atoms with E-state index in [2.05, 4.69) is 5.32 Å². The molecule has 2 aliphatic heterocycles. The molecule has 20 heavy (non-hydrogen) atoms. The summed E-state index contributed by atoms with van der Waals surface area (Å²) in [6.07, 6.45) is 2.04. The molecule has 1 saturated heterocycles. The third-order valence-corrected chi connectivity index (χ3v) is 3.97. The van der Waals surface area contributed by atoms with Crippen molar-refractivity contribution in [3.63, 3.8) is 0 Å². The van der Waals surface area contributed by atoms with Crippen molar-refractivity contribution >= 4 is 5.91 Å². The SMILES string of the molecule is CCN(C(=O)c1ccc2c(c1)OCO2)C1CCNCC1. The zero-order valence-corrected chi connectivity index (χ0v) is 11.7. The highest BCUT2D eigenvalue weighted by Gasteiger charge is 2.26. The molecule has 0 aromatic heterocycles. The Hall–Kier alpha value is -1.75. The molecule has 1 aromatic rings. The van der Waals surface area contributed by atoms with Gasteiger partial charge >= 0.3 is 0 Å². The highest BCUT2D eigenvalue weighted by atomic mass is 16.7. The molecule has 1 amide bonds. The van der Waals surface area contributed by atoms with Crippen LogP contribution in [-0.2, 0) is 0 Å². The summed E-state index contributed by atoms with van der Waals surface area (Å²) in [5.74, 6) is 1.46. The van der Waals surface area contributed by atoms with Gasteiger partial charge in [0.25, 0.3) is 5.91 Å². The Bertz CT molecular complexity index is 498. The topological polar surface area (TPSA) is 50.8 Å². The van der Waals surface area contributed by atoms with Gasteiger partial charge in [-0.3, -0.25) is 4.79 Å². The second-order valence-corrected chi connectivity index (χ2v) is 5.14. The maximum Gasteiger partial charge on any atom is 0.254 e. The van der Waals surface area contributed by atoms with E-state index in [-0.39, 0.29) is 12.7 Å². The third kappa shape index (κ3) is 2.45. The quantitative estimate of drug-likeness (QED) is 0.911. The van der Waals surface area contributed by atoms with E-state index in [0.29, 0.717) is 23.1 Å². The minimum Gasteiger partial charge on any atom is -0.454 e. The van der Waals surface area contributed by atoms with E-state index in [0.717, 1.165) is 32.5 Å². The summed E-state index contributed by atoms with van der Waals surface area (Å²) >= 11 is 0. The summed E-state index contributed by atoms with van der Waals surface area (Å²) in [5.41, 5.74) is 0.676. The molecule has 1 N–H and O–H groups in total. The Labute approximate surface area is 118 Å². The first-order valence-corrected chi connectivity index (χ1v) is 7.21. The highest BCUT2D eigenvalue weighted by molar-refractivity contribution is 5.95. The van der Waals surface area contributed by atoms with Gasteiger partial charge in [-0.1, -0.05) is 0 Å². The number of carbonyl (C=O) groups excluding carboxylic acids is 1. The predicted octanol–water partition coefficient (Wildman–Crippen LogP) is 1.63. The number of benzene rings is 1. The minimum atomic E-state index is 0.0812. The Morgan fingerprint density at radius 2 is 2.05 bits per heavy atom. The number of amides is 1. The van der Waals surface area contributed by atoms with Crippen LogP contribution in [0.3, 0.4) is 0 Å². The second-order valence-electron chi connectivity index (χ2n) is 5.14. The van der Waals surface area contributed by atoms with Crippen LogP contribution in [0.5, 0.6) is 11.5 Å². The average Bonchev–Trinajstić information content (AvgIpc) is 2.96. The van der Waals surface area contributed by atoms with E-state index in [1.165, 1.54) is 0 Å². The van der Waals surface area contributed by atoms with Gasteiger partial charge < -0.3 is 19.7 Å². The van der Waals surface area contributed by atoms with Gasteiger partial charge in [0.05, 0.1) is 0 Å². The van der Waals surface area contributed by atoms with E-state index < -0.39 is 0 Å². The van der Waals surface area contributed by atoms with Gasteiger partial charge in [0, 0.05) is 18.2 Å². The van der Waals surface area contributed by atoms with Crippen molar-refractivity contribution in [2.24, 2.45) is 0 Å². The molecule has 1 fully saturated rings. The summed E-state index contributed by atoms with van der Waals surface area (Å²) in [6, 6.07) is 5.75. The molecule has 2 aliphatic rings. The van der Waals surface area contributed by atoms with Crippen LogP contribution in [0.4, 0.5) is 0 Å². The molecule has 0 aliphatic carbocycles. The monoisotopic (exact) mass is 276 g/mol. The number of rotatable bonds is 3. The molecule has 3 rings (SSSR count). The number of hydrogen-bond donors (Lipinski definition) is 1. The third-order valence-electron chi connectivity index (χ3n) is 3.97. The van der Waals surface area contributed by atoms with E-state index in [1.54, 1.807) is 6.07 Å². The molecule has 2 heterocycles. The molecule has 5 heteroatoms. The molecule has 0 radical (unpaired) electrons. The number of piperidine rings is 1. The first-order chi connectivity index (χ1) is 9.79. The average molecular weight is 276 g/mol. The zero-order valence-electron chi connectivity index (χ0n) is 11.7. The molecule has 1 aromatic carbocycles. The van der Waals surface area contributed by atoms with Gasteiger partial charge in [-0.2, -0.15) is 0 Å². The summed E-state index contributed by atoms with van der Waals surface area (Å²) in [5, 5.41) is 3.33. The smallest absolute Gasteiger partial charge is 0.254 e. The fraction of sp³-hybridized carbons (Fsp3) is 0.533. The van der Waals surface area contributed by atoms with Crippen LogP contribution in [-0.4, -0.2) is 43.3 Å². The summed E-state index contributed by atoms with van der Waals surface area (Å²) in [4.78, 5) is 14.7. The lowest BCUT2D eigenvalue weighted by molar-refractivity contribution is 0.0655. The van der Waals surface area contributed by atoms with Gasteiger partial charge in [-0.15, -0.1) is 0 Å². The number of nitrogens with zero attached hydrogens (tertiary/aromatic N) is 1. The maximum atomic E-state index is 12.7. The van der Waals surface area contributed by atoms with Gasteiger partial charge in [0.15, 0.2) is 11.5 Å². The first-order valence-electron chi connectivity index (χ1n) is 7.21. The fourth-order valence-corrected chi connectivity index (χ4v) is 2.88. The van der Waals surface area contributed by atoms with Crippen LogP contribution < -0.4 is 14.8 Å². The van der Waals surface area contributed by atoms with Crippen molar-refractivity contribution < 1.29 is 14.3 Å². The predicted molar refractivity (Wildman–Crippen MR) is 75.2 cm³/mol. The molecule has 0 bridgehead atoms. The van der Waals surface area contributed by atoms with Gasteiger partial charge in [-0.05, 0) is 51.1 Å². The number of fused-ring (bicyclic) bond motifs is 1. The van der Waals surface area contributed by atoms with Crippen LogP contribution in [0.25, 0.3) is 0 Å². The van der Waals surface area contributed by atoms with Crippen LogP contribution >= 0.6 is 0 Å². The van der Waals surface area contributed by atoms with Crippen molar-refractivity contribution in [1.82, 2.24) is 10.2 Å². The normalized spacial score (nSPS) is 18.1. The minimum absolute atomic E-state index is 0.0812. The molecule has 0 spiro atoms. The van der Waals surface area contributed by atoms with Crippen LogP contribution in [0.1, 0.15) is 30.1 Å². The molecule has 108 valence electrons. The Balaban J connectivity index is 1.79. The summed E-state index contributed by atoms with van der Waals surface area (Å²) < 4.78 is 10.6. The Morgan fingerprint density at radius 3 is 2.80 bits per heavy atom. The number of carbonyl (C=O) groups is 1. The van der Waals surface area contributed by atoms with E-state index in [4.69, 9.17) is 9.47 Å². The number of hydrogen-bond acceptors (Lipinski definition) is 4. The van der Waals surface area contributed by atoms with Crippen molar-refractivity contribution in [3.8, 4) is 11.5 Å². The summed E-state index contributed by atoms with van der Waals surface area (Å²) in [7, 11) is 0. The van der Waals surface area contributed by atoms with E-state index in [1.807, 2.05) is 24.0 Å². The molecular formula is C15H20N2O3. The standard InChI is InChI=1S/C15H20N2O3/c1-2-17(12-5-7-16-8-6-12)15(18)11-3-4-13-14(9-11)20-10-19-13/h3-4,9,12,16H,2,5-8,10H2,1H3. The lowest BCUT2D eigenvalue weighted by Crippen LogP contribution is -2.46. The molecular weight excluding hydrogens is 256 g/mol. The van der Waals surface area contributed by atoms with Crippen LogP contribution in [0.2, 0.25) is 0 Å². The van der Waals surface area contributed by atoms with E-state index >= 15 is 0 Å². The fourth-order valence-electron chi connectivity index (χ4n) is 2.88. The van der Waals surface area contributed by atoms with Crippen LogP contribution in [0.15, 0.2) is 18.2 Å². The lowest BCUT2D eigenvalue weighted by Gasteiger charge is -2.34. The van der Waals surface area contributed by atoms with Crippen LogP contribution in [0, 0.1) is 0 Å². The first kappa shape index (κ1) is 13.2. The molecule has 5 nitrogen and oxygen atoms in total. The Morgan fingerprint density at radius 1 is 1.30 bits per heavy atom. The lowest BCUT2D eigenvalue weighted by atomic mass is 10.0. The van der Waals surface area contributed by atoms with Gasteiger partial charge in [-0.25, -0.2) is 0 Å². The van der Waals surface area contributed by atoms with E-state index in [9.17, 15) is 4.79 Å². The molecule has 0 atom stereocenters. The van der Waals surface area contributed by atoms with Crippen molar-refractivity contribution in [2.75, 3.05) is 26.4 Å². The number of ether oxygens (including phenoxy) is 2. The van der Waals surface area contributed by atoms with Gasteiger partial charge in [0.2, 0.25) is 6.79 Å². The van der Waals surface area contributed by atoms with Crippen molar-refractivity contribution in [3.05, 3.63) is 23.8 Å². The second kappa shape index (κ2) is 5.71. The molecule has 0 unspecified atom stereocenters. The Kier molecular flexibility index (Phi) is 3.78. The van der Waals surface area contributed by atoms with Crippen molar-refractivity contribution in [1.29, 1.82) is 0 Å². The maximum absolute atomic E-state index is 12.7. The summed E-state index contributed by atoms with van der Waals surface area (Å²) in [6.45, 7) is 4.97. The highest BCUT2D eigenvalue weighted by Crippen LogP contribution is 2.33.